The summed E-state index contributed by atoms with van der Waals surface area (Å²) in [6.07, 6.45) is 0.897. The number of anilines is 2. The average Bonchev–Trinajstić information content (AvgIpc) is 3.14. The van der Waals surface area contributed by atoms with Crippen molar-refractivity contribution in [2.75, 3.05) is 49.0 Å². The molecule has 5 rings (SSSR count). The fourth-order valence-corrected chi connectivity index (χ4v) is 6.14. The van der Waals surface area contributed by atoms with Gasteiger partial charge in [-0.2, -0.15) is 0 Å². The molecule has 0 unspecified atom stereocenters. The number of hydrogen-bond donors (Lipinski definition) is 1. The quantitative estimate of drug-likeness (QED) is 0.557. The van der Waals surface area contributed by atoms with Crippen molar-refractivity contribution in [3.63, 3.8) is 0 Å². The molecule has 2 aromatic rings. The molecule has 1 N–H and O–H groups in total. The van der Waals surface area contributed by atoms with E-state index in [0.717, 1.165) is 29.4 Å². The molecule has 2 atom stereocenters. The second kappa shape index (κ2) is 9.99. The summed E-state index contributed by atoms with van der Waals surface area (Å²) in [5.74, 6) is 0.560. The van der Waals surface area contributed by atoms with E-state index in [0.29, 0.717) is 43.5 Å². The Kier molecular flexibility index (Phi) is 7.11. The van der Waals surface area contributed by atoms with Gasteiger partial charge in [-0.1, -0.05) is 6.07 Å². The highest BCUT2D eigenvalue weighted by atomic mass is 32.2. The summed E-state index contributed by atoms with van der Waals surface area (Å²) in [5.41, 5.74) is 1.97. The number of nitrogens with zero attached hydrogens (tertiary/aromatic N) is 4. The van der Waals surface area contributed by atoms with Crippen LogP contribution in [0.15, 0.2) is 23.4 Å². The SMILES string of the molecule is C[C@@H]1OC[C@@]2(Cc3nc(S(C)(=O)=O)nc(N4CCCOCC4)c3CO2)c2cc(N(C(=O)O)C(C)(C)C)ccc21. The summed E-state index contributed by atoms with van der Waals surface area (Å²) >= 11 is 0. The van der Waals surface area contributed by atoms with E-state index in [1.165, 1.54) is 4.90 Å². The maximum atomic E-state index is 12.6. The number of ether oxygens (including phenoxy) is 3. The number of carboxylic acid groups (broad SMARTS) is 1. The Hall–Kier alpha value is -2.80. The number of benzene rings is 1. The van der Waals surface area contributed by atoms with Gasteiger partial charge in [0, 0.05) is 49.2 Å². The molecule has 0 aliphatic carbocycles. The minimum atomic E-state index is -3.69. The van der Waals surface area contributed by atoms with E-state index in [9.17, 15) is 18.3 Å². The number of hydrogen-bond acceptors (Lipinski definition) is 9. The van der Waals surface area contributed by atoms with Crippen molar-refractivity contribution in [3.8, 4) is 0 Å². The number of carbonyl (C=O) groups is 1. The summed E-state index contributed by atoms with van der Waals surface area (Å²) in [4.78, 5) is 24.6. The molecule has 3 aliphatic heterocycles. The van der Waals surface area contributed by atoms with Crippen LogP contribution in [-0.4, -0.2) is 74.3 Å². The van der Waals surface area contributed by atoms with Crippen LogP contribution in [0.25, 0.3) is 0 Å². The number of amides is 1. The van der Waals surface area contributed by atoms with Crippen LogP contribution in [0, 0.1) is 0 Å². The normalized spacial score (nSPS) is 23.6. The van der Waals surface area contributed by atoms with E-state index in [-0.39, 0.29) is 30.9 Å². The predicted octanol–water partition coefficient (Wildman–Crippen LogP) is 3.45. The Morgan fingerprint density at radius 2 is 1.97 bits per heavy atom. The van der Waals surface area contributed by atoms with E-state index in [2.05, 4.69) is 9.97 Å². The Labute approximate surface area is 229 Å². The lowest BCUT2D eigenvalue weighted by molar-refractivity contribution is -0.148. The molecule has 1 spiro atoms. The van der Waals surface area contributed by atoms with Crippen molar-refractivity contribution in [1.82, 2.24) is 9.97 Å². The van der Waals surface area contributed by atoms with Crippen molar-refractivity contribution >= 4 is 27.4 Å². The Bertz CT molecular complexity index is 1380. The maximum absolute atomic E-state index is 12.6. The standard InChI is InChI=1S/C27H36N4O7S/c1-17-19-8-7-18(31(25(32)33)26(2,3)4)13-21(19)27(16-37-17)14-22-20(15-38-27)23(29-24(28-22)39(5,34)35)30-9-6-11-36-12-10-30/h7-8,13,17H,6,9-12,14-16H2,1-5H3,(H,32,33)/t17-,27-/m0/s1. The van der Waals surface area contributed by atoms with Crippen LogP contribution in [0.5, 0.6) is 0 Å². The van der Waals surface area contributed by atoms with Crippen LogP contribution >= 0.6 is 0 Å². The van der Waals surface area contributed by atoms with E-state index < -0.39 is 27.1 Å². The highest BCUT2D eigenvalue weighted by molar-refractivity contribution is 7.90. The van der Waals surface area contributed by atoms with Crippen molar-refractivity contribution in [2.45, 2.75) is 69.5 Å². The number of aromatic nitrogens is 2. The van der Waals surface area contributed by atoms with Crippen LogP contribution in [-0.2, 0) is 42.7 Å². The molecule has 1 fully saturated rings. The summed E-state index contributed by atoms with van der Waals surface area (Å²) < 4.78 is 43.6. The molecule has 0 bridgehead atoms. The van der Waals surface area contributed by atoms with Crippen LogP contribution < -0.4 is 9.80 Å². The molecule has 0 saturated carbocycles. The molecule has 3 aliphatic rings. The van der Waals surface area contributed by atoms with Gasteiger partial charge in [-0.15, -0.1) is 0 Å². The first kappa shape index (κ1) is 27.8. The highest BCUT2D eigenvalue weighted by Gasteiger charge is 2.46. The van der Waals surface area contributed by atoms with Gasteiger partial charge in [-0.25, -0.2) is 23.2 Å². The molecule has 39 heavy (non-hydrogen) atoms. The second-order valence-corrected chi connectivity index (χ2v) is 13.4. The minimum Gasteiger partial charge on any atom is -0.465 e. The van der Waals surface area contributed by atoms with Gasteiger partial charge in [0.25, 0.3) is 0 Å². The molecule has 212 valence electrons. The van der Waals surface area contributed by atoms with Gasteiger partial charge in [-0.3, -0.25) is 4.90 Å². The predicted molar refractivity (Wildman–Crippen MR) is 144 cm³/mol. The lowest BCUT2D eigenvalue weighted by atomic mass is 9.80. The highest BCUT2D eigenvalue weighted by Crippen LogP contribution is 2.46. The third kappa shape index (κ3) is 5.22. The smallest absolute Gasteiger partial charge is 0.412 e. The molecular formula is C27H36N4O7S. The summed E-state index contributed by atoms with van der Waals surface area (Å²) in [6.45, 7) is 10.3. The first-order valence-electron chi connectivity index (χ1n) is 13.2. The first-order valence-corrected chi connectivity index (χ1v) is 15.0. The monoisotopic (exact) mass is 560 g/mol. The second-order valence-electron chi connectivity index (χ2n) is 11.5. The van der Waals surface area contributed by atoms with Gasteiger partial charge in [0.1, 0.15) is 11.4 Å². The Morgan fingerprint density at radius 1 is 1.21 bits per heavy atom. The lowest BCUT2D eigenvalue weighted by Gasteiger charge is -2.44. The van der Waals surface area contributed by atoms with Gasteiger partial charge in [-0.05, 0) is 57.4 Å². The molecule has 1 aromatic heterocycles. The molecule has 1 aromatic carbocycles. The number of sulfone groups is 1. The minimum absolute atomic E-state index is 0.162. The van der Waals surface area contributed by atoms with E-state index in [1.807, 2.05) is 44.7 Å². The molecule has 4 heterocycles. The average molecular weight is 561 g/mol. The fraction of sp³-hybridized carbons (Fsp3) is 0.593. The third-order valence-corrected chi connectivity index (χ3v) is 8.35. The van der Waals surface area contributed by atoms with Gasteiger partial charge in [0.15, 0.2) is 0 Å². The molecular weight excluding hydrogens is 524 g/mol. The largest absolute Gasteiger partial charge is 0.465 e. The first-order chi connectivity index (χ1) is 18.3. The molecule has 1 saturated heterocycles. The molecule has 12 heteroatoms. The van der Waals surface area contributed by atoms with Crippen LogP contribution in [0.3, 0.4) is 0 Å². The van der Waals surface area contributed by atoms with Crippen molar-refractivity contribution in [2.24, 2.45) is 0 Å². The van der Waals surface area contributed by atoms with Crippen molar-refractivity contribution in [1.29, 1.82) is 0 Å². The van der Waals surface area contributed by atoms with Crippen LogP contribution in [0.1, 0.15) is 62.6 Å². The maximum Gasteiger partial charge on any atom is 0.412 e. The van der Waals surface area contributed by atoms with Crippen LogP contribution in [0.4, 0.5) is 16.3 Å². The van der Waals surface area contributed by atoms with Gasteiger partial charge >= 0.3 is 6.09 Å². The van der Waals surface area contributed by atoms with Crippen molar-refractivity contribution < 1.29 is 32.5 Å². The van der Waals surface area contributed by atoms with Gasteiger partial charge < -0.3 is 24.2 Å². The van der Waals surface area contributed by atoms with E-state index in [1.54, 1.807) is 6.07 Å². The topological polar surface area (TPSA) is 131 Å². The molecule has 1 amide bonds. The zero-order valence-electron chi connectivity index (χ0n) is 23.1. The van der Waals surface area contributed by atoms with Crippen LogP contribution in [0.2, 0.25) is 0 Å². The summed E-state index contributed by atoms with van der Waals surface area (Å²) in [7, 11) is -3.69. The van der Waals surface area contributed by atoms with Crippen molar-refractivity contribution in [3.05, 3.63) is 40.6 Å². The van der Waals surface area contributed by atoms with E-state index in [4.69, 9.17) is 14.2 Å². The van der Waals surface area contributed by atoms with Gasteiger partial charge in [0.2, 0.25) is 15.0 Å². The molecule has 0 radical (unpaired) electrons. The number of rotatable bonds is 3. The van der Waals surface area contributed by atoms with Gasteiger partial charge in [0.05, 0.1) is 31.6 Å². The zero-order chi connectivity index (χ0) is 28.2. The Balaban J connectivity index is 1.63. The molecule has 11 nitrogen and oxygen atoms in total. The lowest BCUT2D eigenvalue weighted by Crippen LogP contribution is -2.47. The summed E-state index contributed by atoms with van der Waals surface area (Å²) in [6, 6.07) is 5.54. The fourth-order valence-electron chi connectivity index (χ4n) is 5.62. The Morgan fingerprint density at radius 3 is 2.67 bits per heavy atom. The van der Waals surface area contributed by atoms with E-state index >= 15 is 0 Å². The number of fused-ring (bicyclic) bond motifs is 3. The zero-order valence-corrected chi connectivity index (χ0v) is 23.9. The third-order valence-electron chi connectivity index (χ3n) is 7.50. The summed E-state index contributed by atoms with van der Waals surface area (Å²) in [5, 5.41) is 9.79.